The van der Waals surface area contributed by atoms with E-state index in [4.69, 9.17) is 4.74 Å². The van der Waals surface area contributed by atoms with E-state index in [1.807, 2.05) is 32.9 Å². The van der Waals surface area contributed by atoms with Gasteiger partial charge in [0.05, 0.1) is 5.41 Å². The van der Waals surface area contributed by atoms with Crippen molar-refractivity contribution in [2.45, 2.75) is 139 Å². The predicted octanol–water partition coefficient (Wildman–Crippen LogP) is 16.4. The summed E-state index contributed by atoms with van der Waals surface area (Å²) in [5.74, 6) is 1.89. The first-order valence-corrected chi connectivity index (χ1v) is 21.6. The van der Waals surface area contributed by atoms with Crippen molar-refractivity contribution < 1.29 is 14.6 Å². The Hall–Kier alpha value is -4.89. The van der Waals surface area contributed by atoms with Crippen LogP contribution in [0.5, 0.6) is 11.5 Å². The molecule has 0 amide bonds. The highest BCUT2D eigenvalue weighted by molar-refractivity contribution is 6.15. The van der Waals surface area contributed by atoms with E-state index in [2.05, 4.69) is 156 Å². The molecular formula is C55H66O3. The van der Waals surface area contributed by atoms with Gasteiger partial charge in [0.2, 0.25) is 0 Å². The maximum Gasteiger partial charge on any atom is 0.316 e. The van der Waals surface area contributed by atoms with Gasteiger partial charge in [-0.05, 0) is 134 Å². The normalized spacial score (nSPS) is 12.4. The Labute approximate surface area is 348 Å². The summed E-state index contributed by atoms with van der Waals surface area (Å²) >= 11 is 0. The van der Waals surface area contributed by atoms with E-state index in [-0.39, 0.29) is 35.4 Å². The molecule has 0 aliphatic heterocycles. The van der Waals surface area contributed by atoms with Crippen LogP contribution < -0.4 is 4.74 Å². The van der Waals surface area contributed by atoms with E-state index in [9.17, 15) is 9.90 Å². The van der Waals surface area contributed by atoms with Crippen molar-refractivity contribution in [1.29, 1.82) is 0 Å². The summed E-state index contributed by atoms with van der Waals surface area (Å²) < 4.78 is 6.87. The quantitative estimate of drug-likeness (QED) is 0.111. The van der Waals surface area contributed by atoms with Crippen molar-refractivity contribution in [1.82, 2.24) is 0 Å². The number of carbonyl (C=O) groups is 1. The minimum atomic E-state index is -0.786. The summed E-state index contributed by atoms with van der Waals surface area (Å²) in [6.07, 6.45) is 0. The molecule has 0 radical (unpaired) electrons. The van der Waals surface area contributed by atoms with Crippen molar-refractivity contribution >= 4 is 27.5 Å². The van der Waals surface area contributed by atoms with Gasteiger partial charge in [0.15, 0.2) is 0 Å². The van der Waals surface area contributed by atoms with E-state index in [1.54, 1.807) is 0 Å². The number of phenolic OH excluding ortho intramolecular Hbond substituents is 1. The van der Waals surface area contributed by atoms with E-state index >= 15 is 0 Å². The fraction of sp³-hybridized carbons (Fsp3) is 0.400. The van der Waals surface area contributed by atoms with Gasteiger partial charge in [0.1, 0.15) is 11.5 Å². The largest absolute Gasteiger partial charge is 0.507 e. The molecule has 0 atom stereocenters. The number of ether oxygens (including phenoxy) is 1. The fourth-order valence-corrected chi connectivity index (χ4v) is 8.43. The van der Waals surface area contributed by atoms with Crippen molar-refractivity contribution in [3.05, 3.63) is 118 Å². The number of benzene rings is 6. The molecule has 6 aromatic carbocycles. The molecule has 304 valence electrons. The third-order valence-corrected chi connectivity index (χ3v) is 11.9. The third-order valence-electron chi connectivity index (χ3n) is 11.9. The van der Waals surface area contributed by atoms with Crippen LogP contribution in [0.3, 0.4) is 0 Å². The second-order valence-electron chi connectivity index (χ2n) is 19.4. The van der Waals surface area contributed by atoms with E-state index < -0.39 is 5.41 Å². The summed E-state index contributed by atoms with van der Waals surface area (Å²) in [7, 11) is 0. The molecule has 0 bridgehead atoms. The van der Waals surface area contributed by atoms with Crippen molar-refractivity contribution in [2.24, 2.45) is 5.41 Å². The molecular weight excluding hydrogens is 709 g/mol. The van der Waals surface area contributed by atoms with Crippen LogP contribution in [0.15, 0.2) is 84.9 Å². The molecule has 0 aliphatic rings. The van der Waals surface area contributed by atoms with Crippen LogP contribution in [0.2, 0.25) is 0 Å². The number of hydrogen-bond acceptors (Lipinski definition) is 3. The molecule has 0 fully saturated rings. The predicted molar refractivity (Wildman–Crippen MR) is 249 cm³/mol. The zero-order valence-corrected chi connectivity index (χ0v) is 37.8. The van der Waals surface area contributed by atoms with Crippen LogP contribution in [0.4, 0.5) is 0 Å². The zero-order valence-electron chi connectivity index (χ0n) is 37.8. The molecule has 6 aromatic rings. The molecule has 0 aliphatic carbocycles. The first kappa shape index (κ1) is 42.7. The van der Waals surface area contributed by atoms with Crippen LogP contribution in [-0.2, 0) is 4.79 Å². The molecule has 0 saturated carbocycles. The summed E-state index contributed by atoms with van der Waals surface area (Å²) in [4.78, 5) is 14.4. The maximum absolute atomic E-state index is 14.4. The standard InChI is InChI=1S/C55H66O3/c1-30(2)38-26-42(32(5)6)48(43(27-38)33(7)8)46-24-36-20-16-18-22-40(36)50(52(46)56)51-41-23-19-17-21-37(41)25-47(53(51)58-54(57)55(13,14)15)49-44(34(9)10)28-39(31(3)4)29-45(49)35(11)12/h16-35,56H,1-15H3. The molecule has 0 saturated heterocycles. The SMILES string of the molecule is CC(C)c1cc(C(C)C)c(-c2cc3ccccc3c(-c3c(OC(=O)C(C)(C)C)c(-c4c(C(C)C)cc(C(C)C)cc4C(C)C)cc4ccccc34)c2O)c(C(C)C)c1. The topological polar surface area (TPSA) is 46.5 Å². The Morgan fingerprint density at radius 2 is 0.845 bits per heavy atom. The van der Waals surface area contributed by atoms with E-state index in [0.29, 0.717) is 23.1 Å². The smallest absolute Gasteiger partial charge is 0.316 e. The second kappa shape index (κ2) is 16.4. The van der Waals surface area contributed by atoms with E-state index in [1.165, 1.54) is 33.4 Å². The number of rotatable bonds is 10. The highest BCUT2D eigenvalue weighted by atomic mass is 16.5. The van der Waals surface area contributed by atoms with Gasteiger partial charge in [0.25, 0.3) is 0 Å². The van der Waals surface area contributed by atoms with Gasteiger partial charge in [-0.1, -0.05) is 156 Å². The Kier molecular flexibility index (Phi) is 12.1. The van der Waals surface area contributed by atoms with Crippen molar-refractivity contribution in [3.8, 4) is 44.9 Å². The number of carbonyl (C=O) groups excluding carboxylic acids is 1. The average Bonchev–Trinajstić information content (AvgIpc) is 3.16. The lowest BCUT2D eigenvalue weighted by Crippen LogP contribution is -2.26. The summed E-state index contributed by atoms with van der Waals surface area (Å²) in [6.45, 7) is 32.7. The summed E-state index contributed by atoms with van der Waals surface area (Å²) in [5, 5.41) is 17.1. The molecule has 3 heteroatoms. The Balaban J connectivity index is 1.90. The van der Waals surface area contributed by atoms with Crippen LogP contribution in [0.25, 0.3) is 54.9 Å². The summed E-state index contributed by atoms with van der Waals surface area (Å²) in [5.41, 5.74) is 12.0. The Bertz CT molecular complexity index is 2440. The highest BCUT2D eigenvalue weighted by Crippen LogP contribution is 2.55. The highest BCUT2D eigenvalue weighted by Gasteiger charge is 2.33. The fourth-order valence-electron chi connectivity index (χ4n) is 8.43. The van der Waals surface area contributed by atoms with Crippen molar-refractivity contribution in [2.75, 3.05) is 0 Å². The number of phenols is 1. The minimum absolute atomic E-state index is 0.193. The minimum Gasteiger partial charge on any atom is -0.507 e. The molecule has 6 rings (SSSR count). The number of hydrogen-bond donors (Lipinski definition) is 1. The first-order chi connectivity index (χ1) is 27.2. The van der Waals surface area contributed by atoms with Crippen LogP contribution in [0, 0.1) is 5.41 Å². The molecule has 3 nitrogen and oxygen atoms in total. The van der Waals surface area contributed by atoms with Crippen LogP contribution in [-0.4, -0.2) is 11.1 Å². The monoisotopic (exact) mass is 775 g/mol. The number of aromatic hydroxyl groups is 1. The lowest BCUT2D eigenvalue weighted by atomic mass is 9.78. The first-order valence-electron chi connectivity index (χ1n) is 21.6. The van der Waals surface area contributed by atoms with Gasteiger partial charge >= 0.3 is 5.97 Å². The Morgan fingerprint density at radius 1 is 0.483 bits per heavy atom. The van der Waals surface area contributed by atoms with Crippen LogP contribution >= 0.6 is 0 Å². The Morgan fingerprint density at radius 3 is 1.22 bits per heavy atom. The zero-order chi connectivity index (χ0) is 42.5. The van der Waals surface area contributed by atoms with Gasteiger partial charge in [-0.3, -0.25) is 4.79 Å². The van der Waals surface area contributed by atoms with Crippen LogP contribution in [0.1, 0.15) is 173 Å². The second-order valence-corrected chi connectivity index (χ2v) is 19.4. The van der Waals surface area contributed by atoms with E-state index in [0.717, 1.165) is 49.4 Å². The lowest BCUT2D eigenvalue weighted by Gasteiger charge is -2.28. The molecule has 0 heterocycles. The molecule has 0 unspecified atom stereocenters. The number of esters is 1. The average molecular weight is 775 g/mol. The van der Waals surface area contributed by atoms with Gasteiger partial charge in [0, 0.05) is 22.3 Å². The maximum atomic E-state index is 14.4. The van der Waals surface area contributed by atoms with Gasteiger partial charge in [-0.15, -0.1) is 0 Å². The third kappa shape index (κ3) is 7.94. The molecule has 0 spiro atoms. The molecule has 1 N–H and O–H groups in total. The van der Waals surface area contributed by atoms with Gasteiger partial charge in [-0.2, -0.15) is 0 Å². The summed E-state index contributed by atoms with van der Waals surface area (Å²) in [6, 6.07) is 30.5. The van der Waals surface area contributed by atoms with Crippen molar-refractivity contribution in [3.63, 3.8) is 0 Å². The van der Waals surface area contributed by atoms with Gasteiger partial charge < -0.3 is 9.84 Å². The molecule has 0 aromatic heterocycles. The van der Waals surface area contributed by atoms with Gasteiger partial charge in [-0.25, -0.2) is 0 Å². The molecule has 58 heavy (non-hydrogen) atoms. The number of fused-ring (bicyclic) bond motifs is 2. The lowest BCUT2D eigenvalue weighted by molar-refractivity contribution is -0.142.